The lowest BCUT2D eigenvalue weighted by molar-refractivity contribution is 0.0921. The van der Waals surface area contributed by atoms with Crippen LogP contribution in [-0.2, 0) is 11.8 Å². The largest absolute Gasteiger partial charge is 0.342 e. The summed E-state index contributed by atoms with van der Waals surface area (Å²) in [6.45, 7) is 12.1. The molecule has 212 valence electrons. The van der Waals surface area contributed by atoms with Crippen LogP contribution in [0, 0.1) is 6.92 Å². The highest BCUT2D eigenvalue weighted by Crippen LogP contribution is 2.35. The smallest absolute Gasteiger partial charge is 0.293 e. The Morgan fingerprint density at radius 1 is 1.15 bits per heavy atom. The molecule has 0 fully saturated rings. The van der Waals surface area contributed by atoms with Gasteiger partial charge in [0.25, 0.3) is 11.7 Å². The van der Waals surface area contributed by atoms with Crippen LogP contribution in [0.15, 0.2) is 41.2 Å². The van der Waals surface area contributed by atoms with E-state index in [1.165, 1.54) is 5.56 Å². The average molecular weight is 553 g/mol. The van der Waals surface area contributed by atoms with Crippen molar-refractivity contribution in [1.82, 2.24) is 40.2 Å². The van der Waals surface area contributed by atoms with Crippen LogP contribution in [0.5, 0.6) is 0 Å². The Morgan fingerprint density at radius 3 is 2.71 bits per heavy atom. The van der Waals surface area contributed by atoms with E-state index in [1.54, 1.807) is 6.20 Å². The number of hydrogen-bond acceptors (Lipinski definition) is 7. The minimum Gasteiger partial charge on any atom is -0.342 e. The number of carbonyl (C=O) groups excluding carboxylic acids is 1. The lowest BCUT2D eigenvalue weighted by Gasteiger charge is -2.19. The fraction of sp³-hybridized carbons (Fsp3) is 0.419. The molecule has 1 aromatic carbocycles. The normalized spacial score (nSPS) is 15.7. The zero-order valence-electron chi connectivity index (χ0n) is 24.4. The summed E-state index contributed by atoms with van der Waals surface area (Å²) in [5.41, 5.74) is 7.62. The summed E-state index contributed by atoms with van der Waals surface area (Å²) < 4.78 is 7.30. The van der Waals surface area contributed by atoms with Crippen molar-refractivity contribution in [1.29, 1.82) is 0 Å². The van der Waals surface area contributed by atoms with Gasteiger partial charge < -0.3 is 14.8 Å². The third kappa shape index (κ3) is 5.14. The second-order valence-corrected chi connectivity index (χ2v) is 12.2. The number of nitrogens with zero attached hydrogens (tertiary/aromatic N) is 6. The summed E-state index contributed by atoms with van der Waals surface area (Å²) >= 11 is 0. The number of hydrogen-bond donors (Lipinski definition) is 2. The van der Waals surface area contributed by atoms with Crippen molar-refractivity contribution in [2.45, 2.75) is 84.7 Å². The number of imidazole rings is 1. The van der Waals surface area contributed by atoms with Crippen LogP contribution in [0.1, 0.15) is 99.3 Å². The van der Waals surface area contributed by atoms with Crippen molar-refractivity contribution >= 4 is 17.1 Å². The second-order valence-electron chi connectivity index (χ2n) is 12.2. The molecule has 1 aliphatic rings. The first-order chi connectivity index (χ1) is 19.6. The summed E-state index contributed by atoms with van der Waals surface area (Å²) in [6.07, 6.45) is 7.71. The molecule has 1 aliphatic carbocycles. The maximum atomic E-state index is 13.1. The lowest BCUT2D eigenvalue weighted by Crippen LogP contribution is -2.29. The quantitative estimate of drug-likeness (QED) is 0.247. The number of pyridine rings is 1. The summed E-state index contributed by atoms with van der Waals surface area (Å²) in [5, 5.41) is 11.7. The zero-order valence-corrected chi connectivity index (χ0v) is 24.4. The number of benzene rings is 1. The lowest BCUT2D eigenvalue weighted by atomic mass is 9.94. The number of amides is 1. The number of aryl methyl sites for hydroxylation is 2. The van der Waals surface area contributed by atoms with Gasteiger partial charge >= 0.3 is 0 Å². The molecule has 6 rings (SSSR count). The van der Waals surface area contributed by atoms with Crippen LogP contribution in [0.25, 0.3) is 33.7 Å². The van der Waals surface area contributed by atoms with Gasteiger partial charge in [-0.3, -0.25) is 9.48 Å². The highest BCUT2D eigenvalue weighted by atomic mass is 16.5. The van der Waals surface area contributed by atoms with Gasteiger partial charge in [-0.25, -0.2) is 9.97 Å². The monoisotopic (exact) mass is 552 g/mol. The van der Waals surface area contributed by atoms with Crippen LogP contribution in [0.4, 0.5) is 0 Å². The standard InChI is InChI=1S/C31H36N8O2/c1-17(2)39-16-23(18(3)37-39)26-34-25-22(13-14-32-27(25)35-26)20-11-12-21-19(15-20)9-7-8-10-24(21)33-29(40)28-36-30(41-38-28)31(4,5)6/h11-17,24H,7-10H2,1-6H3,(H,33,40)(H,32,34,35)/t24-/m1/s1. The Morgan fingerprint density at radius 2 is 1.98 bits per heavy atom. The summed E-state index contributed by atoms with van der Waals surface area (Å²) in [6, 6.07) is 8.66. The molecular weight excluding hydrogens is 516 g/mol. The molecule has 2 N–H and O–H groups in total. The van der Waals surface area contributed by atoms with Gasteiger partial charge in [0, 0.05) is 29.4 Å². The molecule has 0 unspecified atom stereocenters. The first-order valence-electron chi connectivity index (χ1n) is 14.3. The third-order valence-corrected chi connectivity index (χ3v) is 7.69. The minimum absolute atomic E-state index is 0.0701. The van der Waals surface area contributed by atoms with E-state index >= 15 is 0 Å². The Hall–Kier alpha value is -4.34. The van der Waals surface area contributed by atoms with Crippen molar-refractivity contribution in [3.8, 4) is 22.5 Å². The molecule has 10 heteroatoms. The number of aromatic amines is 1. The predicted molar refractivity (Wildman–Crippen MR) is 156 cm³/mol. The molecule has 0 aliphatic heterocycles. The average Bonchev–Trinajstić information content (AvgIpc) is 3.65. The molecule has 0 saturated heterocycles. The minimum atomic E-state index is -0.320. The molecule has 5 aromatic rings. The van der Waals surface area contributed by atoms with Crippen molar-refractivity contribution in [2.75, 3.05) is 0 Å². The molecular formula is C31H36N8O2. The van der Waals surface area contributed by atoms with Gasteiger partial charge in [0.05, 0.1) is 22.8 Å². The van der Waals surface area contributed by atoms with Gasteiger partial charge in [-0.05, 0) is 62.8 Å². The molecule has 0 radical (unpaired) electrons. The van der Waals surface area contributed by atoms with Crippen LogP contribution in [-0.4, -0.2) is 40.8 Å². The first kappa shape index (κ1) is 26.9. The van der Waals surface area contributed by atoms with Crippen LogP contribution < -0.4 is 5.32 Å². The van der Waals surface area contributed by atoms with E-state index in [9.17, 15) is 4.79 Å². The summed E-state index contributed by atoms with van der Waals surface area (Å²) in [5.74, 6) is 0.963. The maximum Gasteiger partial charge on any atom is 0.293 e. The third-order valence-electron chi connectivity index (χ3n) is 7.69. The number of aromatic nitrogens is 7. The van der Waals surface area contributed by atoms with Gasteiger partial charge in [0.15, 0.2) is 5.65 Å². The van der Waals surface area contributed by atoms with E-state index in [2.05, 4.69) is 62.6 Å². The number of carbonyl (C=O) groups is 1. The Balaban J connectivity index is 1.31. The highest BCUT2D eigenvalue weighted by molar-refractivity contribution is 5.92. The van der Waals surface area contributed by atoms with E-state index in [-0.39, 0.29) is 29.2 Å². The van der Waals surface area contributed by atoms with Crippen molar-refractivity contribution in [3.05, 3.63) is 65.2 Å². The van der Waals surface area contributed by atoms with Crippen molar-refractivity contribution < 1.29 is 9.32 Å². The fourth-order valence-corrected chi connectivity index (χ4v) is 5.40. The Labute approximate surface area is 239 Å². The molecule has 1 amide bonds. The number of rotatable bonds is 5. The van der Waals surface area contributed by atoms with Gasteiger partial charge in [-0.2, -0.15) is 10.1 Å². The van der Waals surface area contributed by atoms with E-state index in [1.807, 2.05) is 44.6 Å². The highest BCUT2D eigenvalue weighted by Gasteiger charge is 2.27. The summed E-state index contributed by atoms with van der Waals surface area (Å²) in [4.78, 5) is 30.3. The van der Waals surface area contributed by atoms with E-state index < -0.39 is 0 Å². The first-order valence-corrected chi connectivity index (χ1v) is 14.3. The molecule has 41 heavy (non-hydrogen) atoms. The van der Waals surface area contributed by atoms with Crippen LogP contribution in [0.2, 0.25) is 0 Å². The molecule has 4 aromatic heterocycles. The molecule has 10 nitrogen and oxygen atoms in total. The van der Waals surface area contributed by atoms with E-state index in [0.717, 1.165) is 65.0 Å². The van der Waals surface area contributed by atoms with E-state index in [0.29, 0.717) is 11.5 Å². The number of H-pyrrole nitrogens is 1. The fourth-order valence-electron chi connectivity index (χ4n) is 5.40. The van der Waals surface area contributed by atoms with Crippen LogP contribution in [0.3, 0.4) is 0 Å². The van der Waals surface area contributed by atoms with Gasteiger partial charge in [0.1, 0.15) is 5.82 Å². The Bertz CT molecular complexity index is 1740. The van der Waals surface area contributed by atoms with Crippen molar-refractivity contribution in [2.24, 2.45) is 0 Å². The summed E-state index contributed by atoms with van der Waals surface area (Å²) in [7, 11) is 0. The van der Waals surface area contributed by atoms with Gasteiger partial charge in [-0.1, -0.05) is 50.5 Å². The van der Waals surface area contributed by atoms with Gasteiger partial charge in [0.2, 0.25) is 5.89 Å². The second kappa shape index (κ2) is 10.2. The molecule has 1 atom stereocenters. The predicted octanol–water partition coefficient (Wildman–Crippen LogP) is 6.26. The SMILES string of the molecule is Cc1nn(C(C)C)cc1-c1nc2nccc(-c3ccc4c(c3)CCCC[C@H]4NC(=O)c3noc(C(C)(C)C)n3)c2[nH]1. The molecule has 0 bridgehead atoms. The molecule has 0 saturated carbocycles. The number of nitrogens with one attached hydrogen (secondary N) is 2. The number of fused-ring (bicyclic) bond motifs is 2. The Kier molecular flexibility index (Phi) is 6.71. The van der Waals surface area contributed by atoms with Crippen molar-refractivity contribution in [3.63, 3.8) is 0 Å². The molecule has 4 heterocycles. The molecule has 0 spiro atoms. The van der Waals surface area contributed by atoms with Crippen LogP contribution >= 0.6 is 0 Å². The zero-order chi connectivity index (χ0) is 28.9. The maximum absolute atomic E-state index is 13.1. The topological polar surface area (TPSA) is 127 Å². The van der Waals surface area contributed by atoms with Gasteiger partial charge in [-0.15, -0.1) is 0 Å². The van der Waals surface area contributed by atoms with E-state index in [4.69, 9.17) is 9.51 Å².